The van der Waals surface area contributed by atoms with Gasteiger partial charge in [0.05, 0.1) is 4.47 Å². The van der Waals surface area contributed by atoms with Crippen LogP contribution in [0.4, 0.5) is 5.82 Å². The number of aryl methyl sites for hydroxylation is 1. The lowest BCUT2D eigenvalue weighted by atomic mass is 10.1. The summed E-state index contributed by atoms with van der Waals surface area (Å²) in [7, 11) is 2.04. The molecule has 1 heterocycles. The third-order valence-electron chi connectivity index (χ3n) is 2.40. The Morgan fingerprint density at radius 2 is 2.07 bits per heavy atom. The van der Waals surface area contributed by atoms with Crippen LogP contribution in [-0.4, -0.2) is 27.9 Å². The number of nitrogens with zero attached hydrogens (tertiary/aromatic N) is 3. The molecule has 0 radical (unpaired) electrons. The van der Waals surface area contributed by atoms with Crippen LogP contribution in [0.5, 0.6) is 0 Å². The summed E-state index contributed by atoms with van der Waals surface area (Å²) in [5.41, 5.74) is 0.0172. The van der Waals surface area contributed by atoms with Gasteiger partial charge in [0.2, 0.25) is 0 Å². The molecule has 0 atom stereocenters. The minimum Gasteiger partial charge on any atom is -0.353 e. The Labute approximate surface area is 108 Å². The molecular formula is C10H15Br2N3. The van der Waals surface area contributed by atoms with Gasteiger partial charge in [-0.15, -0.1) is 0 Å². The van der Waals surface area contributed by atoms with Gasteiger partial charge in [0.15, 0.2) is 0 Å². The maximum atomic E-state index is 4.43. The molecule has 84 valence electrons. The van der Waals surface area contributed by atoms with Crippen molar-refractivity contribution in [1.82, 2.24) is 9.97 Å². The van der Waals surface area contributed by atoms with Crippen molar-refractivity contribution < 1.29 is 0 Å². The largest absolute Gasteiger partial charge is 0.353 e. The van der Waals surface area contributed by atoms with Crippen LogP contribution in [0.25, 0.3) is 0 Å². The number of aromatic nitrogens is 2. The van der Waals surface area contributed by atoms with Crippen molar-refractivity contribution in [1.29, 1.82) is 0 Å². The first-order valence-corrected chi connectivity index (χ1v) is 6.59. The summed E-state index contributed by atoms with van der Waals surface area (Å²) in [5.74, 6) is 1.71. The van der Waals surface area contributed by atoms with Crippen molar-refractivity contribution in [2.75, 3.05) is 17.3 Å². The van der Waals surface area contributed by atoms with Gasteiger partial charge in [-0.3, -0.25) is 0 Å². The normalized spacial score (nSPS) is 11.6. The third-order valence-corrected chi connectivity index (χ3v) is 4.33. The molecule has 0 aliphatic rings. The van der Waals surface area contributed by atoms with Crippen LogP contribution < -0.4 is 4.90 Å². The number of rotatable bonds is 3. The second-order valence-electron chi connectivity index (χ2n) is 4.09. The van der Waals surface area contributed by atoms with Crippen LogP contribution in [0, 0.1) is 6.92 Å². The first-order valence-electron chi connectivity index (χ1n) is 4.67. The molecule has 1 aromatic rings. The summed E-state index contributed by atoms with van der Waals surface area (Å²) < 4.78 is 0.921. The van der Waals surface area contributed by atoms with Gasteiger partial charge in [-0.1, -0.05) is 15.9 Å². The van der Waals surface area contributed by atoms with Crippen molar-refractivity contribution in [2.45, 2.75) is 26.3 Å². The molecule has 0 fully saturated rings. The maximum Gasteiger partial charge on any atom is 0.146 e. The van der Waals surface area contributed by atoms with Crippen molar-refractivity contribution in [3.63, 3.8) is 0 Å². The third kappa shape index (κ3) is 2.91. The highest BCUT2D eigenvalue weighted by molar-refractivity contribution is 9.10. The first kappa shape index (κ1) is 12.9. The average molecular weight is 337 g/mol. The lowest BCUT2D eigenvalue weighted by Crippen LogP contribution is -2.43. The van der Waals surface area contributed by atoms with Gasteiger partial charge in [-0.2, -0.15) is 0 Å². The minimum absolute atomic E-state index is 0.0172. The van der Waals surface area contributed by atoms with E-state index < -0.39 is 0 Å². The molecule has 3 nitrogen and oxygen atoms in total. The highest BCUT2D eigenvalue weighted by Crippen LogP contribution is 2.28. The molecule has 0 aliphatic heterocycles. The molecular weight excluding hydrogens is 322 g/mol. The van der Waals surface area contributed by atoms with Gasteiger partial charge >= 0.3 is 0 Å². The van der Waals surface area contributed by atoms with Crippen LogP contribution >= 0.6 is 31.9 Å². The van der Waals surface area contributed by atoms with E-state index in [-0.39, 0.29) is 5.54 Å². The predicted molar refractivity (Wildman–Crippen MR) is 70.7 cm³/mol. The highest BCUT2D eigenvalue weighted by Gasteiger charge is 2.25. The zero-order valence-corrected chi connectivity index (χ0v) is 12.6. The van der Waals surface area contributed by atoms with Crippen LogP contribution in [0.1, 0.15) is 19.7 Å². The van der Waals surface area contributed by atoms with E-state index >= 15 is 0 Å². The second kappa shape index (κ2) is 4.78. The summed E-state index contributed by atoms with van der Waals surface area (Å²) in [6.07, 6.45) is 1.79. The molecule has 5 heteroatoms. The van der Waals surface area contributed by atoms with E-state index in [0.29, 0.717) is 0 Å². The molecule has 1 aromatic heterocycles. The van der Waals surface area contributed by atoms with Crippen molar-refractivity contribution >= 4 is 37.7 Å². The van der Waals surface area contributed by atoms with Gasteiger partial charge in [0.25, 0.3) is 0 Å². The maximum absolute atomic E-state index is 4.43. The molecule has 0 unspecified atom stereocenters. The van der Waals surface area contributed by atoms with E-state index in [1.165, 1.54) is 0 Å². The molecule has 0 aromatic carbocycles. The fraction of sp³-hybridized carbons (Fsp3) is 0.600. The topological polar surface area (TPSA) is 29.0 Å². The van der Waals surface area contributed by atoms with E-state index in [1.54, 1.807) is 6.20 Å². The van der Waals surface area contributed by atoms with Crippen LogP contribution in [0.2, 0.25) is 0 Å². The first-order chi connectivity index (χ1) is 6.88. The molecule has 0 bridgehead atoms. The Morgan fingerprint density at radius 3 is 2.60 bits per heavy atom. The Balaban J connectivity index is 3.10. The lowest BCUT2D eigenvalue weighted by Gasteiger charge is -2.35. The molecule has 0 N–H and O–H groups in total. The Hall–Kier alpha value is -0.160. The summed E-state index contributed by atoms with van der Waals surface area (Å²) in [6, 6.07) is 0. The number of halogens is 2. The quantitative estimate of drug-likeness (QED) is 0.794. The fourth-order valence-corrected chi connectivity index (χ4v) is 1.89. The number of hydrogen-bond donors (Lipinski definition) is 0. The molecule has 0 saturated heterocycles. The number of alkyl halides is 1. The predicted octanol–water partition coefficient (Wildman–Crippen LogP) is 3.16. The van der Waals surface area contributed by atoms with E-state index in [9.17, 15) is 0 Å². The molecule has 0 aliphatic carbocycles. The van der Waals surface area contributed by atoms with E-state index in [4.69, 9.17) is 0 Å². The summed E-state index contributed by atoms with van der Waals surface area (Å²) in [4.78, 5) is 10.7. The van der Waals surface area contributed by atoms with Gasteiger partial charge in [-0.05, 0) is 36.7 Å². The number of anilines is 1. The molecule has 0 amide bonds. The number of hydrogen-bond acceptors (Lipinski definition) is 3. The zero-order valence-electron chi connectivity index (χ0n) is 9.38. The summed E-state index contributed by atoms with van der Waals surface area (Å²) in [6.45, 7) is 6.21. The minimum atomic E-state index is 0.0172. The van der Waals surface area contributed by atoms with Gasteiger partial charge in [0.1, 0.15) is 11.6 Å². The van der Waals surface area contributed by atoms with E-state index in [0.717, 1.165) is 21.4 Å². The molecule has 1 rings (SSSR count). The SMILES string of the molecule is Cc1ncc(Br)c(N(C)C(C)(C)CBr)n1. The van der Waals surface area contributed by atoms with Gasteiger partial charge < -0.3 is 4.90 Å². The van der Waals surface area contributed by atoms with Crippen LogP contribution in [0.15, 0.2) is 10.7 Å². The summed E-state index contributed by atoms with van der Waals surface area (Å²) in [5, 5.41) is 0.881. The standard InChI is InChI=1S/C10H15Br2N3/c1-7-13-5-8(12)9(14-7)15(4)10(2,3)6-11/h5H,6H2,1-4H3. The smallest absolute Gasteiger partial charge is 0.146 e. The summed E-state index contributed by atoms with van der Waals surface area (Å²) >= 11 is 6.98. The fourth-order valence-electron chi connectivity index (χ4n) is 1.05. The van der Waals surface area contributed by atoms with Gasteiger partial charge in [-0.25, -0.2) is 9.97 Å². The molecule has 0 saturated carbocycles. The Morgan fingerprint density at radius 1 is 1.47 bits per heavy atom. The van der Waals surface area contributed by atoms with Crippen molar-refractivity contribution in [3.8, 4) is 0 Å². The second-order valence-corrected chi connectivity index (χ2v) is 5.51. The van der Waals surface area contributed by atoms with E-state index in [1.807, 2.05) is 14.0 Å². The van der Waals surface area contributed by atoms with E-state index in [2.05, 4.69) is 60.6 Å². The Kier molecular flexibility index (Phi) is 4.12. The average Bonchev–Trinajstić information content (AvgIpc) is 2.20. The zero-order chi connectivity index (χ0) is 11.6. The van der Waals surface area contributed by atoms with Crippen molar-refractivity contribution in [2.24, 2.45) is 0 Å². The highest BCUT2D eigenvalue weighted by atomic mass is 79.9. The van der Waals surface area contributed by atoms with Gasteiger partial charge in [0, 0.05) is 24.1 Å². The monoisotopic (exact) mass is 335 g/mol. The van der Waals surface area contributed by atoms with Crippen LogP contribution in [-0.2, 0) is 0 Å². The van der Waals surface area contributed by atoms with Crippen molar-refractivity contribution in [3.05, 3.63) is 16.5 Å². The Bertz CT molecular complexity index is 353. The molecule has 0 spiro atoms. The lowest BCUT2D eigenvalue weighted by molar-refractivity contribution is 0.545. The van der Waals surface area contributed by atoms with Crippen LogP contribution in [0.3, 0.4) is 0 Å². The molecule has 15 heavy (non-hydrogen) atoms.